The lowest BCUT2D eigenvalue weighted by Gasteiger charge is -2.33. The van der Waals surface area contributed by atoms with Gasteiger partial charge in [-0.25, -0.2) is 4.79 Å². The summed E-state index contributed by atoms with van der Waals surface area (Å²) in [5, 5.41) is 5.21. The molecule has 0 spiro atoms. The summed E-state index contributed by atoms with van der Waals surface area (Å²) in [6.45, 7) is 2.11. The Kier molecular flexibility index (Phi) is 5.95. The van der Waals surface area contributed by atoms with Crippen molar-refractivity contribution in [3.63, 3.8) is 0 Å². The molecule has 32 heavy (non-hydrogen) atoms. The zero-order valence-corrected chi connectivity index (χ0v) is 18.8. The van der Waals surface area contributed by atoms with E-state index in [4.69, 9.17) is 0 Å². The molecule has 1 saturated heterocycles. The number of fused-ring (bicyclic) bond motifs is 1. The Hall–Kier alpha value is -3.12. The maximum Gasteiger partial charge on any atom is 0.322 e. The molecule has 2 aliphatic heterocycles. The van der Waals surface area contributed by atoms with Crippen LogP contribution < -0.4 is 10.2 Å². The van der Waals surface area contributed by atoms with Crippen molar-refractivity contribution in [1.29, 1.82) is 0 Å². The van der Waals surface area contributed by atoms with Gasteiger partial charge in [0, 0.05) is 36.2 Å². The van der Waals surface area contributed by atoms with Crippen LogP contribution in [0.5, 0.6) is 0 Å². The Morgan fingerprint density at radius 1 is 0.938 bits per heavy atom. The summed E-state index contributed by atoms with van der Waals surface area (Å²) in [6, 6.07) is 20.8. The van der Waals surface area contributed by atoms with Crippen LogP contribution in [0.3, 0.4) is 0 Å². The lowest BCUT2D eigenvalue weighted by atomic mass is 10.0. The van der Waals surface area contributed by atoms with Gasteiger partial charge in [0.25, 0.3) is 0 Å². The van der Waals surface area contributed by atoms with E-state index in [1.807, 2.05) is 45.5 Å². The number of anilines is 1. The van der Waals surface area contributed by atoms with Crippen molar-refractivity contribution in [2.24, 2.45) is 0 Å². The first-order valence-corrected chi connectivity index (χ1v) is 12.1. The van der Waals surface area contributed by atoms with E-state index < -0.39 is 0 Å². The average molecular weight is 446 g/mol. The van der Waals surface area contributed by atoms with Crippen LogP contribution in [0.4, 0.5) is 10.5 Å². The minimum absolute atomic E-state index is 0.0282. The maximum absolute atomic E-state index is 13.0. The number of carbonyl (C=O) groups is 2. The van der Waals surface area contributed by atoms with Gasteiger partial charge < -0.3 is 10.2 Å². The Morgan fingerprint density at radius 3 is 2.50 bits per heavy atom. The fourth-order valence-electron chi connectivity index (χ4n) is 4.62. The molecule has 3 heterocycles. The zero-order valence-electron chi connectivity index (χ0n) is 18.0. The van der Waals surface area contributed by atoms with Crippen molar-refractivity contribution in [3.05, 3.63) is 76.5 Å². The maximum atomic E-state index is 13.0. The van der Waals surface area contributed by atoms with Crippen molar-refractivity contribution >= 4 is 29.0 Å². The van der Waals surface area contributed by atoms with Crippen LogP contribution in [0.15, 0.2) is 66.0 Å². The molecular formula is C26H27N3O2S. The smallest absolute Gasteiger partial charge is 0.322 e. The molecule has 0 radical (unpaired) electrons. The van der Waals surface area contributed by atoms with Crippen LogP contribution in [-0.2, 0) is 17.6 Å². The topological polar surface area (TPSA) is 52.7 Å². The average Bonchev–Trinajstić information content (AvgIpc) is 3.49. The summed E-state index contributed by atoms with van der Waals surface area (Å²) < 4.78 is 0. The van der Waals surface area contributed by atoms with Gasteiger partial charge in [0.1, 0.15) is 0 Å². The van der Waals surface area contributed by atoms with Gasteiger partial charge in [0.05, 0.1) is 6.42 Å². The summed E-state index contributed by atoms with van der Waals surface area (Å²) in [7, 11) is 0. The molecule has 5 nitrogen and oxygen atoms in total. The van der Waals surface area contributed by atoms with Gasteiger partial charge in [0.2, 0.25) is 5.91 Å². The number of piperidine rings is 1. The summed E-state index contributed by atoms with van der Waals surface area (Å²) in [5.41, 5.74) is 4.60. The third-order valence-electron chi connectivity index (χ3n) is 6.41. The Labute approximate surface area is 192 Å². The Morgan fingerprint density at radius 2 is 1.75 bits per heavy atom. The predicted octanol–water partition coefficient (Wildman–Crippen LogP) is 4.72. The molecule has 2 aliphatic rings. The summed E-state index contributed by atoms with van der Waals surface area (Å²) in [4.78, 5) is 30.4. The number of nitrogens with zero attached hydrogens (tertiary/aromatic N) is 2. The van der Waals surface area contributed by atoms with Crippen molar-refractivity contribution in [2.75, 3.05) is 24.5 Å². The second kappa shape index (κ2) is 9.17. The van der Waals surface area contributed by atoms with Crippen LogP contribution in [0.25, 0.3) is 11.1 Å². The van der Waals surface area contributed by atoms with Gasteiger partial charge in [-0.15, -0.1) is 11.3 Å². The van der Waals surface area contributed by atoms with Crippen molar-refractivity contribution in [1.82, 2.24) is 10.2 Å². The lowest BCUT2D eigenvalue weighted by molar-refractivity contribution is -0.131. The summed E-state index contributed by atoms with van der Waals surface area (Å²) >= 11 is 1.62. The number of amides is 3. The third kappa shape index (κ3) is 4.41. The van der Waals surface area contributed by atoms with E-state index in [0.717, 1.165) is 29.8 Å². The first-order valence-electron chi connectivity index (χ1n) is 11.2. The second-order valence-corrected chi connectivity index (χ2v) is 9.50. The van der Waals surface area contributed by atoms with E-state index in [1.165, 1.54) is 16.7 Å². The molecule has 1 fully saturated rings. The summed E-state index contributed by atoms with van der Waals surface area (Å²) in [6.07, 6.45) is 2.95. The highest BCUT2D eigenvalue weighted by Crippen LogP contribution is 2.32. The Balaban J connectivity index is 1.16. The standard InChI is InChI=1S/C26H27N3O2S/c30-25(18-23-7-4-16-32-23)28-13-11-22(12-14-28)27-26(31)29-15-10-21-17-20(8-9-24(21)29)19-5-2-1-3-6-19/h1-9,16-17,22H,10-15,18H2,(H,27,31). The predicted molar refractivity (Wildman–Crippen MR) is 129 cm³/mol. The molecule has 5 rings (SSSR count). The van der Waals surface area contributed by atoms with E-state index in [9.17, 15) is 9.59 Å². The molecule has 3 amide bonds. The quantitative estimate of drug-likeness (QED) is 0.632. The van der Waals surface area contributed by atoms with E-state index in [1.54, 1.807) is 11.3 Å². The first-order chi connectivity index (χ1) is 15.7. The van der Waals surface area contributed by atoms with Crippen molar-refractivity contribution < 1.29 is 9.59 Å². The third-order valence-corrected chi connectivity index (χ3v) is 7.28. The van der Waals surface area contributed by atoms with Crippen LogP contribution in [0.2, 0.25) is 0 Å². The second-order valence-electron chi connectivity index (χ2n) is 8.47. The number of hydrogen-bond acceptors (Lipinski definition) is 3. The summed E-state index contributed by atoms with van der Waals surface area (Å²) in [5.74, 6) is 0.180. The van der Waals surface area contributed by atoms with Gasteiger partial charge >= 0.3 is 6.03 Å². The van der Waals surface area contributed by atoms with Gasteiger partial charge in [0.15, 0.2) is 0 Å². The van der Waals surface area contributed by atoms with E-state index in [-0.39, 0.29) is 18.0 Å². The molecule has 1 aromatic heterocycles. The minimum Gasteiger partial charge on any atom is -0.342 e. The van der Waals surface area contributed by atoms with E-state index in [0.29, 0.717) is 26.1 Å². The van der Waals surface area contributed by atoms with Crippen LogP contribution in [0, 0.1) is 0 Å². The SMILES string of the molecule is O=C(Cc1cccs1)N1CCC(NC(=O)N2CCc3cc(-c4ccccc4)ccc32)CC1. The molecule has 164 valence electrons. The Bertz CT molecular complexity index is 1090. The number of carbonyl (C=O) groups excluding carboxylic acids is 2. The molecule has 0 aliphatic carbocycles. The highest BCUT2D eigenvalue weighted by molar-refractivity contribution is 7.10. The molecule has 0 bridgehead atoms. The van der Waals surface area contributed by atoms with Gasteiger partial charge in [-0.1, -0.05) is 42.5 Å². The van der Waals surface area contributed by atoms with E-state index >= 15 is 0 Å². The molecule has 6 heteroatoms. The first kappa shape index (κ1) is 20.8. The van der Waals surface area contributed by atoms with Crippen molar-refractivity contribution in [2.45, 2.75) is 31.7 Å². The molecule has 3 aromatic rings. The number of urea groups is 1. The van der Waals surface area contributed by atoms with Crippen LogP contribution >= 0.6 is 11.3 Å². The van der Waals surface area contributed by atoms with Crippen molar-refractivity contribution in [3.8, 4) is 11.1 Å². The number of thiophene rings is 1. The highest BCUT2D eigenvalue weighted by Gasteiger charge is 2.29. The zero-order chi connectivity index (χ0) is 21.9. The number of rotatable bonds is 4. The fourth-order valence-corrected chi connectivity index (χ4v) is 5.32. The normalized spacial score (nSPS) is 16.1. The van der Waals surface area contributed by atoms with Gasteiger partial charge in [-0.2, -0.15) is 0 Å². The molecule has 0 saturated carbocycles. The van der Waals surface area contributed by atoms with Crippen LogP contribution in [-0.4, -0.2) is 42.5 Å². The number of hydrogen-bond donors (Lipinski definition) is 1. The fraction of sp³-hybridized carbons (Fsp3) is 0.308. The molecule has 0 unspecified atom stereocenters. The number of likely N-dealkylation sites (tertiary alicyclic amines) is 1. The monoisotopic (exact) mass is 445 g/mol. The number of nitrogens with one attached hydrogen (secondary N) is 1. The lowest BCUT2D eigenvalue weighted by Crippen LogP contribution is -2.50. The number of benzene rings is 2. The largest absolute Gasteiger partial charge is 0.342 e. The molecule has 1 N–H and O–H groups in total. The minimum atomic E-state index is -0.0282. The molecule has 2 aromatic carbocycles. The van der Waals surface area contributed by atoms with Crippen LogP contribution in [0.1, 0.15) is 23.3 Å². The molecular weight excluding hydrogens is 418 g/mol. The highest BCUT2D eigenvalue weighted by atomic mass is 32.1. The van der Waals surface area contributed by atoms with E-state index in [2.05, 4.69) is 35.6 Å². The van der Waals surface area contributed by atoms with Gasteiger partial charge in [-0.3, -0.25) is 9.69 Å². The molecule has 0 atom stereocenters. The van der Waals surface area contributed by atoms with Gasteiger partial charge in [-0.05, 0) is 59.5 Å².